The van der Waals surface area contributed by atoms with Crippen LogP contribution in [0.1, 0.15) is 27.0 Å². The van der Waals surface area contributed by atoms with E-state index in [0.717, 1.165) is 18.2 Å². The van der Waals surface area contributed by atoms with Crippen molar-refractivity contribution in [3.8, 4) is 22.8 Å². The van der Waals surface area contributed by atoms with E-state index in [9.17, 15) is 23.1 Å². The van der Waals surface area contributed by atoms with Gasteiger partial charge in [-0.3, -0.25) is 4.99 Å². The number of aliphatic imine (C=N–C) groups is 1. The number of ether oxygens (including phenoxy) is 2. The molecule has 8 nitrogen and oxygen atoms in total. The van der Waals surface area contributed by atoms with E-state index in [1.165, 1.54) is 37.6 Å². The summed E-state index contributed by atoms with van der Waals surface area (Å²) in [5.41, 5.74) is 1.37. The van der Waals surface area contributed by atoms with Crippen molar-refractivity contribution in [1.82, 2.24) is 9.97 Å². The number of fused-ring (bicyclic) bond motifs is 3. The molecule has 0 radical (unpaired) electrons. The predicted molar refractivity (Wildman–Crippen MR) is 138 cm³/mol. The molecule has 204 valence electrons. The fraction of sp³-hybridized carbons (Fsp3) is 0.111. The van der Waals surface area contributed by atoms with E-state index in [4.69, 9.17) is 16.3 Å². The van der Waals surface area contributed by atoms with Crippen molar-refractivity contribution in [3.05, 3.63) is 93.9 Å². The monoisotopic (exact) mass is 572 g/mol. The van der Waals surface area contributed by atoms with Crippen molar-refractivity contribution in [3.63, 3.8) is 0 Å². The molecule has 1 aliphatic rings. The molecular weight excluding hydrogens is 556 g/mol. The number of methoxy groups -OCH3 is 1. The number of hydrogen-bond acceptors (Lipinski definition) is 7. The molecule has 0 saturated heterocycles. The maximum Gasteiger partial charge on any atom is 0.573 e. The summed E-state index contributed by atoms with van der Waals surface area (Å²) in [7, 11) is 1.34. The van der Waals surface area contributed by atoms with Gasteiger partial charge in [0, 0.05) is 39.7 Å². The van der Waals surface area contributed by atoms with Crippen LogP contribution in [0.5, 0.6) is 11.5 Å². The number of benzene rings is 3. The Kier molecular flexibility index (Phi) is 7.03. The molecule has 0 saturated carbocycles. The maximum atomic E-state index is 15.1. The molecule has 4 aromatic rings. The van der Waals surface area contributed by atoms with Crippen LogP contribution in [0.4, 0.5) is 29.2 Å². The Morgan fingerprint density at radius 2 is 1.88 bits per heavy atom. The summed E-state index contributed by atoms with van der Waals surface area (Å²) in [5, 5.41) is 12.5. The smallest absolute Gasteiger partial charge is 0.496 e. The predicted octanol–water partition coefficient (Wildman–Crippen LogP) is 6.64. The van der Waals surface area contributed by atoms with Crippen LogP contribution in [0.3, 0.4) is 0 Å². The number of aromatic nitrogens is 2. The van der Waals surface area contributed by atoms with Crippen LogP contribution < -0.4 is 14.8 Å². The molecule has 0 spiro atoms. The first kappa shape index (κ1) is 26.9. The highest BCUT2D eigenvalue weighted by Gasteiger charge is 2.34. The summed E-state index contributed by atoms with van der Waals surface area (Å²) in [6.45, 7) is -0.0851. The molecule has 0 atom stereocenters. The summed E-state index contributed by atoms with van der Waals surface area (Å²) >= 11 is 6.24. The van der Waals surface area contributed by atoms with Crippen molar-refractivity contribution >= 4 is 34.9 Å². The number of rotatable bonds is 6. The topological polar surface area (TPSA) is 106 Å². The molecule has 0 fully saturated rings. The van der Waals surface area contributed by atoms with Crippen molar-refractivity contribution < 1.29 is 36.9 Å². The molecular formula is C27H17ClF4N4O4. The molecule has 1 aliphatic heterocycles. The van der Waals surface area contributed by atoms with E-state index >= 15 is 4.39 Å². The Balaban J connectivity index is 1.60. The van der Waals surface area contributed by atoms with Crippen LogP contribution in [0.2, 0.25) is 5.02 Å². The number of aromatic carboxylic acids is 1. The van der Waals surface area contributed by atoms with Gasteiger partial charge in [0.25, 0.3) is 0 Å². The number of nitrogens with zero attached hydrogens (tertiary/aromatic N) is 3. The third-order valence-electron chi connectivity index (χ3n) is 5.89. The summed E-state index contributed by atoms with van der Waals surface area (Å²) in [6, 6.07) is 12.1. The maximum absolute atomic E-state index is 15.1. The lowest BCUT2D eigenvalue weighted by atomic mass is 9.94. The standard InChI is InChI=1S/C27H17ClF4N4O4/c1-39-21-10-15(6-8-17(21)25(37)38)35-26-34-12-13-11-33-24(18-9-14(28)5-7-16(18)23(13)36-26)22-19(29)3-2-4-20(22)40-27(30,31)32/h2-10,12H,11H2,1H3,(H,37,38)(H,34,35,36). The largest absolute Gasteiger partial charge is 0.573 e. The highest BCUT2D eigenvalue weighted by atomic mass is 35.5. The van der Waals surface area contributed by atoms with Gasteiger partial charge in [-0.25, -0.2) is 19.2 Å². The second kappa shape index (κ2) is 10.5. The SMILES string of the molecule is COc1cc(Nc2ncc3c(n2)-c2ccc(Cl)cc2C(c2c(F)cccc2OC(F)(F)F)=NC3)ccc1C(=O)O. The van der Waals surface area contributed by atoms with Gasteiger partial charge in [-0.2, -0.15) is 0 Å². The first-order valence-electron chi connectivity index (χ1n) is 11.5. The molecule has 13 heteroatoms. The lowest BCUT2D eigenvalue weighted by molar-refractivity contribution is -0.274. The number of alkyl halides is 3. The average molecular weight is 573 g/mol. The quantitative estimate of drug-likeness (QED) is 0.250. The molecule has 0 amide bonds. The minimum Gasteiger partial charge on any atom is -0.496 e. The van der Waals surface area contributed by atoms with Gasteiger partial charge in [0.15, 0.2) is 0 Å². The molecule has 40 heavy (non-hydrogen) atoms. The Morgan fingerprint density at radius 3 is 2.60 bits per heavy atom. The zero-order chi connectivity index (χ0) is 28.6. The molecule has 2 heterocycles. The van der Waals surface area contributed by atoms with Crippen LogP contribution >= 0.6 is 11.6 Å². The Labute approximate surface area is 228 Å². The van der Waals surface area contributed by atoms with Crippen molar-refractivity contribution in [2.75, 3.05) is 12.4 Å². The fourth-order valence-electron chi connectivity index (χ4n) is 4.22. The first-order chi connectivity index (χ1) is 19.0. The molecule has 1 aromatic heterocycles. The van der Waals surface area contributed by atoms with Gasteiger partial charge < -0.3 is 19.9 Å². The van der Waals surface area contributed by atoms with Crippen LogP contribution in [0.15, 0.2) is 65.8 Å². The first-order valence-corrected chi connectivity index (χ1v) is 11.9. The van der Waals surface area contributed by atoms with E-state index in [-0.39, 0.29) is 40.1 Å². The minimum absolute atomic E-state index is 0.0339. The van der Waals surface area contributed by atoms with Crippen molar-refractivity contribution in [1.29, 1.82) is 0 Å². The van der Waals surface area contributed by atoms with Gasteiger partial charge >= 0.3 is 12.3 Å². The summed E-state index contributed by atoms with van der Waals surface area (Å²) < 4.78 is 63.8. The average Bonchev–Trinajstić information content (AvgIpc) is 3.04. The number of nitrogens with one attached hydrogen (secondary N) is 1. The van der Waals surface area contributed by atoms with Crippen LogP contribution in [0, 0.1) is 5.82 Å². The van der Waals surface area contributed by atoms with E-state index < -0.39 is 29.5 Å². The number of halogens is 5. The lowest BCUT2D eigenvalue weighted by Crippen LogP contribution is -2.20. The highest BCUT2D eigenvalue weighted by molar-refractivity contribution is 6.31. The molecule has 0 bridgehead atoms. The number of carbonyl (C=O) groups is 1. The van der Waals surface area contributed by atoms with Gasteiger partial charge in [-0.05, 0) is 36.4 Å². The van der Waals surface area contributed by atoms with E-state index in [1.807, 2.05) is 0 Å². The Morgan fingerprint density at radius 1 is 1.07 bits per heavy atom. The molecule has 3 aromatic carbocycles. The van der Waals surface area contributed by atoms with Gasteiger partial charge in [-0.15, -0.1) is 13.2 Å². The van der Waals surface area contributed by atoms with E-state index in [0.29, 0.717) is 22.5 Å². The van der Waals surface area contributed by atoms with Crippen molar-refractivity contribution in [2.45, 2.75) is 12.9 Å². The van der Waals surface area contributed by atoms with E-state index in [2.05, 4.69) is 25.0 Å². The van der Waals surface area contributed by atoms with E-state index in [1.54, 1.807) is 12.1 Å². The molecule has 0 unspecified atom stereocenters. The molecule has 2 N–H and O–H groups in total. The second-order valence-corrected chi connectivity index (χ2v) is 8.86. The van der Waals surface area contributed by atoms with Gasteiger partial charge in [0.2, 0.25) is 5.95 Å². The van der Waals surface area contributed by atoms with Crippen LogP contribution in [-0.2, 0) is 6.54 Å². The van der Waals surface area contributed by atoms with Crippen LogP contribution in [0.25, 0.3) is 11.3 Å². The Hall–Kier alpha value is -4.71. The zero-order valence-electron chi connectivity index (χ0n) is 20.4. The van der Waals surface area contributed by atoms with Crippen molar-refractivity contribution in [2.24, 2.45) is 4.99 Å². The highest BCUT2D eigenvalue weighted by Crippen LogP contribution is 2.37. The summed E-state index contributed by atoms with van der Waals surface area (Å²) in [5.74, 6) is -2.64. The minimum atomic E-state index is -5.06. The summed E-state index contributed by atoms with van der Waals surface area (Å²) in [4.78, 5) is 24.7. The molecule has 5 rings (SSSR count). The second-order valence-electron chi connectivity index (χ2n) is 8.43. The number of hydrogen-bond donors (Lipinski definition) is 2. The molecule has 0 aliphatic carbocycles. The number of carboxylic acids is 1. The Bertz CT molecular complexity index is 1680. The third kappa shape index (κ3) is 5.38. The summed E-state index contributed by atoms with van der Waals surface area (Å²) in [6.07, 6.45) is -3.59. The normalized spacial score (nSPS) is 12.5. The van der Waals surface area contributed by atoms with Gasteiger partial charge in [0.1, 0.15) is 22.9 Å². The fourth-order valence-corrected chi connectivity index (χ4v) is 4.39. The zero-order valence-corrected chi connectivity index (χ0v) is 21.1. The number of anilines is 2. The third-order valence-corrected chi connectivity index (χ3v) is 6.12. The van der Waals surface area contributed by atoms with Gasteiger partial charge in [-0.1, -0.05) is 23.7 Å². The van der Waals surface area contributed by atoms with Gasteiger partial charge in [0.05, 0.1) is 30.6 Å². The van der Waals surface area contributed by atoms with Crippen LogP contribution in [-0.4, -0.2) is 40.2 Å². The lowest BCUT2D eigenvalue weighted by Gasteiger charge is -2.17. The number of carboxylic acid groups (broad SMARTS) is 1.